The number of nitrogens with zero attached hydrogens (tertiary/aromatic N) is 1. The summed E-state index contributed by atoms with van der Waals surface area (Å²) >= 11 is 1.35. The minimum Gasteiger partial charge on any atom is -0.379 e. The predicted octanol–water partition coefficient (Wildman–Crippen LogP) is 13.5. The van der Waals surface area contributed by atoms with Crippen LogP contribution in [-0.4, -0.2) is 69.0 Å². The average molecular weight is 723 g/mol. The number of carbonyl (C=O) groups excluding carboxylic acids is 1. The van der Waals surface area contributed by atoms with Gasteiger partial charge >= 0.3 is 0 Å². The van der Waals surface area contributed by atoms with Gasteiger partial charge in [0.2, 0.25) is 0 Å². The molecular formula is C44H86N2O3S. The summed E-state index contributed by atoms with van der Waals surface area (Å²) in [6.07, 6.45) is 46.3. The predicted molar refractivity (Wildman–Crippen MR) is 224 cm³/mol. The number of ether oxygens (including phenoxy) is 2. The fraction of sp³-hybridized carbons (Fsp3) is 0.886. The van der Waals surface area contributed by atoms with E-state index in [1.165, 1.54) is 179 Å². The Morgan fingerprint density at radius 2 is 0.880 bits per heavy atom. The lowest BCUT2D eigenvalue weighted by molar-refractivity contribution is 0.0569. The molecule has 0 saturated carbocycles. The Hall–Kier alpha value is -0.820. The van der Waals surface area contributed by atoms with Crippen molar-refractivity contribution in [3.8, 4) is 0 Å². The number of nitrogens with one attached hydrogen (secondary N) is 1. The monoisotopic (exact) mass is 723 g/mol. The summed E-state index contributed by atoms with van der Waals surface area (Å²) in [7, 11) is 4.07. The molecule has 1 N–H and O–H groups in total. The molecule has 0 bridgehead atoms. The SMILES string of the molecule is CCCCCCCC/C=C\CCCCCCCCOCC(COCCCCCCCC/C=C\CCCCCCCC)NC(=O)SCCN(C)C. The Balaban J connectivity index is 3.89. The summed E-state index contributed by atoms with van der Waals surface area (Å²) in [6.45, 7) is 8.03. The van der Waals surface area contributed by atoms with Gasteiger partial charge in [-0.2, -0.15) is 0 Å². The van der Waals surface area contributed by atoms with E-state index in [2.05, 4.69) is 48.4 Å². The first kappa shape index (κ1) is 49.2. The first-order chi connectivity index (χ1) is 24.6. The van der Waals surface area contributed by atoms with Crippen molar-refractivity contribution in [2.24, 2.45) is 0 Å². The fourth-order valence-electron chi connectivity index (χ4n) is 6.02. The summed E-state index contributed by atoms with van der Waals surface area (Å²) in [4.78, 5) is 14.6. The zero-order valence-electron chi connectivity index (χ0n) is 34.0. The number of unbranched alkanes of at least 4 members (excludes halogenated alkanes) is 24. The molecule has 1 amide bonds. The third-order valence-corrected chi connectivity index (χ3v) is 10.1. The van der Waals surface area contributed by atoms with E-state index in [-0.39, 0.29) is 11.3 Å². The fourth-order valence-corrected chi connectivity index (χ4v) is 6.91. The lowest BCUT2D eigenvalue weighted by Gasteiger charge is -2.19. The number of allylic oxidation sites excluding steroid dienone is 4. The molecule has 0 aromatic heterocycles. The largest absolute Gasteiger partial charge is 0.379 e. The second kappa shape index (κ2) is 42.6. The molecule has 6 heteroatoms. The molecule has 0 aliphatic rings. The molecule has 296 valence electrons. The van der Waals surface area contributed by atoms with E-state index in [0.717, 1.165) is 38.4 Å². The zero-order chi connectivity index (χ0) is 36.4. The molecule has 0 aromatic carbocycles. The molecule has 0 heterocycles. The Morgan fingerprint density at radius 1 is 0.540 bits per heavy atom. The van der Waals surface area contributed by atoms with Gasteiger partial charge in [-0.1, -0.05) is 165 Å². The molecule has 0 aromatic rings. The van der Waals surface area contributed by atoms with Gasteiger partial charge < -0.3 is 19.7 Å². The Kier molecular flexibility index (Phi) is 41.9. The first-order valence-corrected chi connectivity index (χ1v) is 22.6. The molecule has 0 aliphatic heterocycles. The van der Waals surface area contributed by atoms with Gasteiger partial charge in [0, 0.05) is 25.5 Å². The van der Waals surface area contributed by atoms with Gasteiger partial charge in [0.15, 0.2) is 0 Å². The number of rotatable bonds is 40. The quantitative estimate of drug-likeness (QED) is 0.0504. The molecular weight excluding hydrogens is 637 g/mol. The van der Waals surface area contributed by atoms with Crippen LogP contribution in [0.5, 0.6) is 0 Å². The normalized spacial score (nSPS) is 12.0. The van der Waals surface area contributed by atoms with Gasteiger partial charge in [0.25, 0.3) is 5.24 Å². The maximum absolute atomic E-state index is 12.5. The van der Waals surface area contributed by atoms with E-state index in [1.54, 1.807) is 0 Å². The molecule has 0 aliphatic carbocycles. The summed E-state index contributed by atoms with van der Waals surface area (Å²) in [5.41, 5.74) is 0. The molecule has 50 heavy (non-hydrogen) atoms. The van der Waals surface area contributed by atoms with Crippen molar-refractivity contribution in [1.29, 1.82) is 0 Å². The van der Waals surface area contributed by atoms with Crippen LogP contribution in [0.25, 0.3) is 0 Å². The maximum atomic E-state index is 12.5. The summed E-state index contributed by atoms with van der Waals surface area (Å²) in [5, 5.41) is 3.18. The number of carbonyl (C=O) groups is 1. The van der Waals surface area contributed by atoms with Crippen LogP contribution in [0.3, 0.4) is 0 Å². The zero-order valence-corrected chi connectivity index (χ0v) is 34.8. The van der Waals surface area contributed by atoms with Crippen molar-refractivity contribution in [2.45, 2.75) is 200 Å². The van der Waals surface area contributed by atoms with Gasteiger partial charge in [0.1, 0.15) is 0 Å². The van der Waals surface area contributed by atoms with Crippen molar-refractivity contribution in [3.05, 3.63) is 24.3 Å². The highest BCUT2D eigenvalue weighted by atomic mass is 32.2. The van der Waals surface area contributed by atoms with Crippen LogP contribution >= 0.6 is 11.8 Å². The molecule has 0 saturated heterocycles. The van der Waals surface area contributed by atoms with E-state index < -0.39 is 0 Å². The van der Waals surface area contributed by atoms with Gasteiger partial charge in [-0.25, -0.2) is 0 Å². The number of thioether (sulfide) groups is 1. The Morgan fingerprint density at radius 3 is 1.24 bits per heavy atom. The van der Waals surface area contributed by atoms with Gasteiger partial charge in [0.05, 0.1) is 19.3 Å². The van der Waals surface area contributed by atoms with E-state index in [1.807, 2.05) is 14.1 Å². The third kappa shape index (κ3) is 41.6. The summed E-state index contributed by atoms with van der Waals surface area (Å²) in [5.74, 6) is 0.790. The molecule has 0 fully saturated rings. The molecule has 0 atom stereocenters. The Bertz CT molecular complexity index is 684. The van der Waals surface area contributed by atoms with Crippen LogP contribution in [0.4, 0.5) is 4.79 Å². The van der Waals surface area contributed by atoms with Crippen LogP contribution in [0.1, 0.15) is 194 Å². The maximum Gasteiger partial charge on any atom is 0.279 e. The van der Waals surface area contributed by atoms with Crippen molar-refractivity contribution in [3.63, 3.8) is 0 Å². The van der Waals surface area contributed by atoms with Crippen LogP contribution in [0.15, 0.2) is 24.3 Å². The lowest BCUT2D eigenvalue weighted by Crippen LogP contribution is -2.40. The number of hydrogen-bond acceptors (Lipinski definition) is 5. The summed E-state index contributed by atoms with van der Waals surface area (Å²) in [6, 6.07) is -0.0856. The van der Waals surface area contributed by atoms with E-state index >= 15 is 0 Å². The van der Waals surface area contributed by atoms with Gasteiger partial charge in [-0.15, -0.1) is 0 Å². The van der Waals surface area contributed by atoms with Crippen LogP contribution in [0.2, 0.25) is 0 Å². The summed E-state index contributed by atoms with van der Waals surface area (Å²) < 4.78 is 12.0. The Labute approximate surface area is 317 Å². The van der Waals surface area contributed by atoms with E-state index in [4.69, 9.17) is 9.47 Å². The highest BCUT2D eigenvalue weighted by Crippen LogP contribution is 2.12. The number of amides is 1. The van der Waals surface area contributed by atoms with E-state index in [0.29, 0.717) is 13.2 Å². The molecule has 0 unspecified atom stereocenters. The first-order valence-electron chi connectivity index (χ1n) is 21.6. The highest BCUT2D eigenvalue weighted by molar-refractivity contribution is 8.13. The second-order valence-electron chi connectivity index (χ2n) is 14.8. The van der Waals surface area contributed by atoms with E-state index in [9.17, 15) is 4.79 Å². The van der Waals surface area contributed by atoms with Gasteiger partial charge in [-0.3, -0.25) is 4.79 Å². The van der Waals surface area contributed by atoms with Crippen molar-refractivity contribution in [1.82, 2.24) is 10.2 Å². The topological polar surface area (TPSA) is 50.8 Å². The molecule has 0 spiro atoms. The average Bonchev–Trinajstić information content (AvgIpc) is 3.10. The van der Waals surface area contributed by atoms with Crippen LogP contribution in [-0.2, 0) is 9.47 Å². The minimum absolute atomic E-state index is 0.0264. The standard InChI is InChI=1S/C44H86N2O3S/c1-5-7-9-11-13-15-17-19-21-23-25-27-29-31-33-35-38-48-41-43(45-44(47)50-40-37-46(3)4)42-49-39-36-34-32-30-28-26-24-22-20-18-16-14-12-10-8-6-2/h19-22,43H,5-18,23-42H2,1-4H3,(H,45,47)/b21-19-,22-20-. The molecule has 0 rings (SSSR count). The second-order valence-corrected chi connectivity index (χ2v) is 15.9. The smallest absolute Gasteiger partial charge is 0.279 e. The van der Waals surface area contributed by atoms with Crippen molar-refractivity contribution >= 4 is 17.0 Å². The van der Waals surface area contributed by atoms with Crippen LogP contribution in [0, 0.1) is 0 Å². The lowest BCUT2D eigenvalue weighted by atomic mass is 10.1. The highest BCUT2D eigenvalue weighted by Gasteiger charge is 2.14. The third-order valence-electron chi connectivity index (χ3n) is 9.33. The molecule has 5 nitrogen and oxygen atoms in total. The van der Waals surface area contributed by atoms with Gasteiger partial charge in [-0.05, 0) is 78.3 Å². The number of hydrogen-bond donors (Lipinski definition) is 1. The van der Waals surface area contributed by atoms with Crippen molar-refractivity contribution < 1.29 is 14.3 Å². The minimum atomic E-state index is -0.0856. The molecule has 0 radical (unpaired) electrons. The van der Waals surface area contributed by atoms with Crippen molar-refractivity contribution in [2.75, 3.05) is 52.8 Å². The van der Waals surface area contributed by atoms with Crippen LogP contribution < -0.4 is 5.32 Å².